The van der Waals surface area contributed by atoms with Crippen LogP contribution in [0.3, 0.4) is 0 Å². The van der Waals surface area contributed by atoms with E-state index in [9.17, 15) is 14.4 Å². The summed E-state index contributed by atoms with van der Waals surface area (Å²) in [4.78, 5) is 37.0. The number of carbonyl (C=O) groups excluding carboxylic acids is 3. The summed E-state index contributed by atoms with van der Waals surface area (Å²) in [5.41, 5.74) is 3.31. The average molecular weight is 468 g/mol. The molecule has 0 spiro atoms. The van der Waals surface area contributed by atoms with Crippen molar-refractivity contribution >= 4 is 23.2 Å². The second-order valence-electron chi connectivity index (χ2n) is 7.26. The van der Waals surface area contributed by atoms with Crippen LogP contribution in [-0.2, 0) is 9.59 Å². The van der Waals surface area contributed by atoms with E-state index < -0.39 is 18.1 Å². The molecule has 0 aliphatic carbocycles. The van der Waals surface area contributed by atoms with Crippen LogP contribution in [0.4, 0.5) is 5.69 Å². The van der Waals surface area contributed by atoms with Gasteiger partial charge >= 0.3 is 0 Å². The third-order valence-corrected chi connectivity index (χ3v) is 4.32. The van der Waals surface area contributed by atoms with Crippen LogP contribution in [0.15, 0.2) is 42.6 Å². The molecule has 0 fully saturated rings. The molecule has 0 aliphatic heterocycles. The molecule has 1 amide bonds. The second-order valence-corrected chi connectivity index (χ2v) is 7.26. The third-order valence-electron chi connectivity index (χ3n) is 4.32. The van der Waals surface area contributed by atoms with E-state index in [0.29, 0.717) is 5.56 Å². The zero-order valence-corrected chi connectivity index (χ0v) is 21.2. The van der Waals surface area contributed by atoms with E-state index in [1.165, 1.54) is 20.8 Å². The molecule has 2 unspecified atom stereocenters. The molecule has 3 N–H and O–H groups in total. The quantitative estimate of drug-likeness (QED) is 0.244. The minimum atomic E-state index is -0.899. The average Bonchev–Trinajstić information content (AvgIpc) is 2.83. The first-order chi connectivity index (χ1) is 16.1. The first-order valence-electron chi connectivity index (χ1n) is 11.5. The van der Waals surface area contributed by atoms with Crippen molar-refractivity contribution in [2.24, 2.45) is 5.92 Å². The van der Waals surface area contributed by atoms with Crippen molar-refractivity contribution in [2.75, 3.05) is 11.9 Å². The van der Waals surface area contributed by atoms with Gasteiger partial charge in [-0.2, -0.15) is 0 Å². The summed E-state index contributed by atoms with van der Waals surface area (Å²) in [7, 11) is 0. The highest BCUT2D eigenvalue weighted by Gasteiger charge is 2.17. The van der Waals surface area contributed by atoms with Crippen LogP contribution in [0, 0.1) is 17.8 Å². The van der Waals surface area contributed by atoms with Crippen molar-refractivity contribution in [3.05, 3.63) is 59.4 Å². The lowest BCUT2D eigenvalue weighted by Gasteiger charge is -2.10. The Morgan fingerprint density at radius 3 is 2.06 bits per heavy atom. The summed E-state index contributed by atoms with van der Waals surface area (Å²) < 4.78 is 0. The van der Waals surface area contributed by atoms with Crippen LogP contribution in [0.2, 0.25) is 0 Å². The van der Waals surface area contributed by atoms with Crippen LogP contribution in [0.5, 0.6) is 0 Å². The number of hydrogen-bond donors (Lipinski definition) is 3. The standard InChI is InChI=1S/C18H18N2O.C7H13NO3.C2H6/c1-3-12-19-18-11-10-17(20-13-18)9-6-15-4-7-16(8-5-15)14(2)21;1-4(5(2)9)7(11)8-6(3)10;1-2/h4-5,7-8,10-11,13,19H,3,12H2,1-2H3;4,6,10H,1-3H3,(H,8,11);1-2H3. The molecule has 2 aromatic rings. The van der Waals surface area contributed by atoms with Crippen molar-refractivity contribution in [3.63, 3.8) is 0 Å². The van der Waals surface area contributed by atoms with Crippen LogP contribution >= 0.6 is 0 Å². The maximum atomic E-state index is 11.2. The van der Waals surface area contributed by atoms with E-state index in [1.807, 2.05) is 38.1 Å². The zero-order chi connectivity index (χ0) is 26.1. The molecule has 0 bridgehead atoms. The van der Waals surface area contributed by atoms with Gasteiger partial charge in [0, 0.05) is 17.7 Å². The van der Waals surface area contributed by atoms with Gasteiger partial charge in [-0.25, -0.2) is 4.98 Å². The number of ketones is 2. The van der Waals surface area contributed by atoms with Gasteiger partial charge in [-0.1, -0.05) is 38.8 Å². The number of hydrogen-bond acceptors (Lipinski definition) is 6. The Hall–Kier alpha value is -3.50. The number of aromatic nitrogens is 1. The van der Waals surface area contributed by atoms with E-state index in [2.05, 4.69) is 34.4 Å². The van der Waals surface area contributed by atoms with Crippen LogP contribution in [0.1, 0.15) is 76.5 Å². The number of aliphatic hydroxyl groups excluding tert-OH is 1. The van der Waals surface area contributed by atoms with Crippen LogP contribution in [0.25, 0.3) is 0 Å². The highest BCUT2D eigenvalue weighted by molar-refractivity contribution is 5.99. The first kappa shape index (κ1) is 30.5. The summed E-state index contributed by atoms with van der Waals surface area (Å²) in [6, 6.07) is 11.2. The molecule has 7 nitrogen and oxygen atoms in total. The van der Waals surface area contributed by atoms with E-state index in [1.54, 1.807) is 25.3 Å². The summed E-state index contributed by atoms with van der Waals surface area (Å²) in [5, 5.41) is 14.2. The molecule has 0 radical (unpaired) electrons. The lowest BCUT2D eigenvalue weighted by molar-refractivity contribution is -0.133. The summed E-state index contributed by atoms with van der Waals surface area (Å²) in [6.07, 6.45) is 1.97. The van der Waals surface area contributed by atoms with Crippen molar-refractivity contribution in [1.29, 1.82) is 0 Å². The number of aliphatic hydroxyl groups is 1. The van der Waals surface area contributed by atoms with Gasteiger partial charge in [-0.15, -0.1) is 0 Å². The largest absolute Gasteiger partial charge is 0.384 e. The predicted octanol–water partition coefficient (Wildman–Crippen LogP) is 4.20. The Morgan fingerprint density at radius 2 is 1.62 bits per heavy atom. The first-order valence-corrected chi connectivity index (χ1v) is 11.5. The van der Waals surface area contributed by atoms with Crippen LogP contribution in [-0.4, -0.2) is 40.3 Å². The molecule has 0 aliphatic rings. The molecule has 2 atom stereocenters. The molecule has 184 valence electrons. The van der Waals surface area contributed by atoms with Gasteiger partial charge in [0.05, 0.1) is 17.8 Å². The molecule has 7 heteroatoms. The highest BCUT2D eigenvalue weighted by atomic mass is 16.3. The van der Waals surface area contributed by atoms with Crippen molar-refractivity contribution in [1.82, 2.24) is 10.3 Å². The van der Waals surface area contributed by atoms with Gasteiger partial charge in [-0.05, 0) is 64.3 Å². The Labute approximate surface area is 203 Å². The number of carbonyl (C=O) groups is 3. The molecular formula is C27H37N3O4. The molecule has 1 aromatic heterocycles. The van der Waals surface area contributed by atoms with Gasteiger partial charge in [0.15, 0.2) is 5.78 Å². The molecule has 0 saturated carbocycles. The van der Waals surface area contributed by atoms with Crippen LogP contribution < -0.4 is 10.6 Å². The van der Waals surface area contributed by atoms with E-state index in [0.717, 1.165) is 29.9 Å². The lowest BCUT2D eigenvalue weighted by Crippen LogP contribution is -2.38. The van der Waals surface area contributed by atoms with Gasteiger partial charge in [0.2, 0.25) is 5.91 Å². The summed E-state index contributed by atoms with van der Waals surface area (Å²) in [6.45, 7) is 12.9. The van der Waals surface area contributed by atoms with E-state index in [-0.39, 0.29) is 11.6 Å². The maximum Gasteiger partial charge on any atom is 0.232 e. The molecule has 0 saturated heterocycles. The number of pyridine rings is 1. The fourth-order valence-corrected chi connectivity index (χ4v) is 2.28. The minimum absolute atomic E-state index is 0.0614. The second kappa shape index (κ2) is 17.0. The van der Waals surface area contributed by atoms with Gasteiger partial charge < -0.3 is 15.7 Å². The smallest absolute Gasteiger partial charge is 0.232 e. The number of benzene rings is 1. The minimum Gasteiger partial charge on any atom is -0.384 e. The highest BCUT2D eigenvalue weighted by Crippen LogP contribution is 2.07. The Bertz CT molecular complexity index is 956. The normalized spacial score (nSPS) is 11.1. The fourth-order valence-electron chi connectivity index (χ4n) is 2.28. The van der Waals surface area contributed by atoms with Crippen molar-refractivity contribution < 1.29 is 19.5 Å². The lowest BCUT2D eigenvalue weighted by atomic mass is 10.1. The number of amides is 1. The topological polar surface area (TPSA) is 108 Å². The number of nitrogens with zero attached hydrogens (tertiary/aromatic N) is 1. The van der Waals surface area contributed by atoms with Gasteiger partial charge in [0.25, 0.3) is 0 Å². The number of nitrogens with one attached hydrogen (secondary N) is 2. The number of Topliss-reactive ketones (excluding diaryl/α,β-unsaturated/α-hetero) is 2. The molecule has 2 rings (SSSR count). The van der Waals surface area contributed by atoms with Gasteiger partial charge in [0.1, 0.15) is 17.7 Å². The zero-order valence-electron chi connectivity index (χ0n) is 21.2. The molecular weight excluding hydrogens is 430 g/mol. The molecule has 34 heavy (non-hydrogen) atoms. The Kier molecular flexibility index (Phi) is 15.3. The summed E-state index contributed by atoms with van der Waals surface area (Å²) >= 11 is 0. The number of anilines is 1. The van der Waals surface area contributed by atoms with Crippen molar-refractivity contribution in [3.8, 4) is 11.8 Å². The van der Waals surface area contributed by atoms with E-state index in [4.69, 9.17) is 5.11 Å². The fraction of sp³-hybridized carbons (Fsp3) is 0.407. The molecule has 1 aromatic carbocycles. The third kappa shape index (κ3) is 12.5. The van der Waals surface area contributed by atoms with E-state index >= 15 is 0 Å². The molecule has 1 heterocycles. The Balaban J connectivity index is 0.000000712. The maximum absolute atomic E-state index is 11.2. The monoisotopic (exact) mass is 467 g/mol. The number of rotatable bonds is 7. The predicted molar refractivity (Wildman–Crippen MR) is 136 cm³/mol. The van der Waals surface area contributed by atoms with Crippen molar-refractivity contribution in [2.45, 2.75) is 61.1 Å². The summed E-state index contributed by atoms with van der Waals surface area (Å²) in [5.74, 6) is 4.81. The Morgan fingerprint density at radius 1 is 1.00 bits per heavy atom. The SMILES string of the molecule is CC.CC(=O)C(C)C(=O)NC(C)O.CCCNc1ccc(C#Cc2ccc(C(C)=O)cc2)nc1. The van der Waals surface area contributed by atoms with Gasteiger partial charge in [-0.3, -0.25) is 14.4 Å².